The highest BCUT2D eigenvalue weighted by Crippen LogP contribution is 2.32. The number of thiophene rings is 1. The fourth-order valence-electron chi connectivity index (χ4n) is 2.72. The third-order valence-electron chi connectivity index (χ3n) is 4.29. The van der Waals surface area contributed by atoms with E-state index in [9.17, 15) is 14.9 Å². The van der Waals surface area contributed by atoms with Gasteiger partial charge in [-0.25, -0.2) is 4.98 Å². The molecular weight excluding hydrogens is 420 g/mol. The van der Waals surface area contributed by atoms with E-state index in [1.165, 1.54) is 28.5 Å². The van der Waals surface area contributed by atoms with Crippen LogP contribution in [0.2, 0.25) is 0 Å². The Labute approximate surface area is 180 Å². The molecule has 7 nitrogen and oxygen atoms in total. The van der Waals surface area contributed by atoms with Gasteiger partial charge in [-0.05, 0) is 43.2 Å². The van der Waals surface area contributed by atoms with Crippen molar-refractivity contribution in [1.29, 1.82) is 0 Å². The molecule has 150 valence electrons. The van der Waals surface area contributed by atoms with Crippen molar-refractivity contribution in [2.24, 2.45) is 5.10 Å². The maximum Gasteiger partial charge on any atom is 0.324 e. The molecule has 0 spiro atoms. The van der Waals surface area contributed by atoms with E-state index in [0.29, 0.717) is 5.13 Å². The highest BCUT2D eigenvalue weighted by Gasteiger charge is 2.24. The predicted octanol–water partition coefficient (Wildman–Crippen LogP) is 5.56. The van der Waals surface area contributed by atoms with Crippen LogP contribution in [-0.2, 0) is 0 Å². The standard InChI is InChI=1S/C21H16N4O3S2/c1-13-3-6-15(7-4-13)12-22-24(20(26)17-9-10-19(29-17)25(27)28)21-23-16-8-5-14(2)11-18(16)30-21/h3-12H,1-2H3/b22-12+. The molecule has 0 fully saturated rings. The van der Waals surface area contributed by atoms with E-state index in [1.807, 2.05) is 56.3 Å². The molecule has 4 rings (SSSR count). The van der Waals surface area contributed by atoms with Crippen LogP contribution in [0.25, 0.3) is 10.2 Å². The number of rotatable bonds is 5. The molecule has 0 saturated heterocycles. The molecule has 9 heteroatoms. The van der Waals surface area contributed by atoms with Gasteiger partial charge in [0, 0.05) is 6.07 Å². The van der Waals surface area contributed by atoms with Crippen molar-refractivity contribution < 1.29 is 9.72 Å². The van der Waals surface area contributed by atoms with Crippen molar-refractivity contribution in [3.8, 4) is 0 Å². The summed E-state index contributed by atoms with van der Waals surface area (Å²) in [6.07, 6.45) is 1.58. The van der Waals surface area contributed by atoms with Gasteiger partial charge in [-0.2, -0.15) is 10.1 Å². The molecule has 4 aromatic rings. The number of aryl methyl sites for hydroxylation is 2. The molecule has 0 saturated carbocycles. The Morgan fingerprint density at radius 1 is 1.07 bits per heavy atom. The molecule has 0 atom stereocenters. The van der Waals surface area contributed by atoms with Gasteiger partial charge in [-0.15, -0.1) is 0 Å². The second kappa shape index (κ2) is 8.13. The summed E-state index contributed by atoms with van der Waals surface area (Å²) in [5.41, 5.74) is 3.80. The van der Waals surface area contributed by atoms with Gasteiger partial charge in [0.2, 0.25) is 5.13 Å². The summed E-state index contributed by atoms with van der Waals surface area (Å²) in [4.78, 5) is 28.4. The number of carbonyl (C=O) groups excluding carboxylic acids is 1. The lowest BCUT2D eigenvalue weighted by Crippen LogP contribution is -2.24. The smallest absolute Gasteiger partial charge is 0.266 e. The Kier molecular flexibility index (Phi) is 5.39. The Hall–Kier alpha value is -3.43. The molecule has 0 N–H and O–H groups in total. The molecule has 0 aliphatic heterocycles. The molecule has 0 unspecified atom stereocenters. The topological polar surface area (TPSA) is 88.7 Å². The minimum absolute atomic E-state index is 0.0965. The van der Waals surface area contributed by atoms with E-state index in [-0.39, 0.29) is 9.88 Å². The van der Waals surface area contributed by atoms with Crippen molar-refractivity contribution in [3.63, 3.8) is 0 Å². The number of hydrogen-bond acceptors (Lipinski definition) is 7. The monoisotopic (exact) mass is 436 g/mol. The summed E-state index contributed by atoms with van der Waals surface area (Å²) >= 11 is 2.16. The third-order valence-corrected chi connectivity index (χ3v) is 6.31. The second-order valence-electron chi connectivity index (χ2n) is 6.63. The van der Waals surface area contributed by atoms with Gasteiger partial charge < -0.3 is 0 Å². The van der Waals surface area contributed by atoms with Crippen LogP contribution >= 0.6 is 22.7 Å². The molecule has 2 heterocycles. The molecule has 0 aliphatic rings. The molecule has 1 amide bonds. The van der Waals surface area contributed by atoms with Crippen molar-refractivity contribution >= 4 is 55.1 Å². The molecule has 0 bridgehead atoms. The summed E-state index contributed by atoms with van der Waals surface area (Å²) in [5, 5.41) is 16.9. The summed E-state index contributed by atoms with van der Waals surface area (Å²) < 4.78 is 0.936. The van der Waals surface area contributed by atoms with Gasteiger partial charge in [-0.1, -0.05) is 58.6 Å². The lowest BCUT2D eigenvalue weighted by molar-refractivity contribution is -0.380. The number of thiazole rings is 1. The highest BCUT2D eigenvalue weighted by atomic mass is 32.1. The van der Waals surface area contributed by atoms with Crippen LogP contribution in [0.5, 0.6) is 0 Å². The zero-order chi connectivity index (χ0) is 21.3. The first-order chi connectivity index (χ1) is 14.4. The van der Waals surface area contributed by atoms with E-state index < -0.39 is 10.8 Å². The minimum atomic E-state index is -0.512. The number of hydrazone groups is 1. The maximum absolute atomic E-state index is 13.2. The van der Waals surface area contributed by atoms with Crippen LogP contribution < -0.4 is 5.01 Å². The van der Waals surface area contributed by atoms with E-state index in [1.54, 1.807) is 6.21 Å². The van der Waals surface area contributed by atoms with Crippen molar-refractivity contribution in [2.45, 2.75) is 13.8 Å². The highest BCUT2D eigenvalue weighted by molar-refractivity contribution is 7.22. The maximum atomic E-state index is 13.2. The summed E-state index contributed by atoms with van der Waals surface area (Å²) in [7, 11) is 0. The number of anilines is 1. The van der Waals surface area contributed by atoms with Gasteiger partial charge in [0.1, 0.15) is 4.88 Å². The van der Waals surface area contributed by atoms with Crippen LogP contribution in [0.3, 0.4) is 0 Å². The van der Waals surface area contributed by atoms with Gasteiger partial charge in [0.25, 0.3) is 5.91 Å². The number of carbonyl (C=O) groups is 1. The Balaban J connectivity index is 1.75. The number of hydrogen-bond donors (Lipinski definition) is 0. The molecule has 0 aliphatic carbocycles. The predicted molar refractivity (Wildman–Crippen MR) is 121 cm³/mol. The summed E-state index contributed by atoms with van der Waals surface area (Å²) in [6.45, 7) is 3.98. The fourth-order valence-corrected chi connectivity index (χ4v) is 4.49. The zero-order valence-electron chi connectivity index (χ0n) is 16.1. The normalized spacial score (nSPS) is 11.3. The van der Waals surface area contributed by atoms with Crippen molar-refractivity contribution in [1.82, 2.24) is 4.98 Å². The van der Waals surface area contributed by atoms with Crippen molar-refractivity contribution in [3.05, 3.63) is 86.3 Å². The first-order valence-corrected chi connectivity index (χ1v) is 10.6. The second-order valence-corrected chi connectivity index (χ2v) is 8.71. The van der Waals surface area contributed by atoms with Crippen LogP contribution in [-0.4, -0.2) is 22.0 Å². The Morgan fingerprint density at radius 2 is 1.80 bits per heavy atom. The molecule has 2 aromatic carbocycles. The van der Waals surface area contributed by atoms with Crippen LogP contribution in [0.1, 0.15) is 26.4 Å². The Bertz CT molecular complexity index is 1280. The number of nitrogens with zero attached hydrogens (tertiary/aromatic N) is 4. The van der Waals surface area contributed by atoms with E-state index in [0.717, 1.165) is 38.2 Å². The first kappa shape index (κ1) is 19.9. The zero-order valence-corrected chi connectivity index (χ0v) is 17.7. The van der Waals surface area contributed by atoms with E-state index in [4.69, 9.17) is 0 Å². The Morgan fingerprint density at radius 3 is 2.50 bits per heavy atom. The average molecular weight is 437 g/mol. The van der Waals surface area contributed by atoms with Crippen molar-refractivity contribution in [2.75, 3.05) is 5.01 Å². The van der Waals surface area contributed by atoms with E-state index in [2.05, 4.69) is 10.1 Å². The average Bonchev–Trinajstić information content (AvgIpc) is 3.36. The van der Waals surface area contributed by atoms with Crippen LogP contribution in [0.4, 0.5) is 10.1 Å². The lowest BCUT2D eigenvalue weighted by Gasteiger charge is -2.12. The molecular formula is C21H16N4O3S2. The lowest BCUT2D eigenvalue weighted by atomic mass is 10.2. The SMILES string of the molecule is Cc1ccc(/C=N/N(C(=O)c2ccc([N+](=O)[O-])s2)c2nc3ccc(C)cc3s2)cc1. The van der Waals surface area contributed by atoms with Gasteiger partial charge in [0.05, 0.1) is 21.4 Å². The quantitative estimate of drug-likeness (QED) is 0.233. The van der Waals surface area contributed by atoms with Gasteiger partial charge in [-0.3, -0.25) is 14.9 Å². The largest absolute Gasteiger partial charge is 0.324 e. The molecule has 0 radical (unpaired) electrons. The number of benzene rings is 2. The minimum Gasteiger partial charge on any atom is -0.266 e. The van der Waals surface area contributed by atoms with Gasteiger partial charge in [0.15, 0.2) is 0 Å². The van der Waals surface area contributed by atoms with Crippen LogP contribution in [0.15, 0.2) is 59.7 Å². The van der Waals surface area contributed by atoms with E-state index >= 15 is 0 Å². The number of aromatic nitrogens is 1. The molecule has 30 heavy (non-hydrogen) atoms. The molecule has 2 aromatic heterocycles. The first-order valence-electron chi connectivity index (χ1n) is 8.97. The van der Waals surface area contributed by atoms with Gasteiger partial charge >= 0.3 is 5.00 Å². The third kappa shape index (κ3) is 4.12. The number of amides is 1. The number of fused-ring (bicyclic) bond motifs is 1. The van der Waals surface area contributed by atoms with Crippen LogP contribution in [0, 0.1) is 24.0 Å². The summed E-state index contributed by atoms with van der Waals surface area (Å²) in [6, 6.07) is 16.3. The summed E-state index contributed by atoms with van der Waals surface area (Å²) in [5.74, 6) is -0.466. The fraction of sp³-hybridized carbons (Fsp3) is 0.0952. The number of nitro groups is 1.